The van der Waals surface area contributed by atoms with Gasteiger partial charge in [-0.3, -0.25) is 9.69 Å². The highest BCUT2D eigenvalue weighted by molar-refractivity contribution is 5.79. The number of pyridine rings is 1. The van der Waals surface area contributed by atoms with E-state index in [1.54, 1.807) is 4.57 Å². The van der Waals surface area contributed by atoms with Crippen molar-refractivity contribution < 1.29 is 5.11 Å². The Labute approximate surface area is 173 Å². The molecule has 0 aliphatic carbocycles. The Kier molecular flexibility index (Phi) is 6.35. The lowest BCUT2D eigenvalue weighted by Gasteiger charge is -2.36. The first-order chi connectivity index (χ1) is 14.1. The second-order valence-electron chi connectivity index (χ2n) is 8.72. The molecule has 2 aliphatic rings. The van der Waals surface area contributed by atoms with Crippen LogP contribution in [0.5, 0.6) is 0 Å². The molecule has 2 saturated heterocycles. The predicted molar refractivity (Wildman–Crippen MR) is 117 cm³/mol. The molecule has 6 nitrogen and oxygen atoms in total. The molecule has 0 bridgehead atoms. The number of aliphatic hydroxyl groups excluding tert-OH is 1. The van der Waals surface area contributed by atoms with Crippen molar-refractivity contribution in [2.45, 2.75) is 13.5 Å². The quantitative estimate of drug-likeness (QED) is 0.793. The van der Waals surface area contributed by atoms with Gasteiger partial charge in [0.15, 0.2) is 0 Å². The van der Waals surface area contributed by atoms with E-state index in [0.29, 0.717) is 18.4 Å². The average molecular weight is 399 g/mol. The van der Waals surface area contributed by atoms with Crippen molar-refractivity contribution in [3.8, 4) is 0 Å². The van der Waals surface area contributed by atoms with Crippen LogP contribution in [0.15, 0.2) is 35.1 Å². The third-order valence-corrected chi connectivity index (χ3v) is 6.89. The van der Waals surface area contributed by atoms with Gasteiger partial charge in [0, 0.05) is 71.6 Å². The topological polar surface area (TPSA) is 52.0 Å². The first-order valence-electron chi connectivity index (χ1n) is 10.9. The maximum Gasteiger partial charge on any atom is 0.255 e. The highest BCUT2D eigenvalue weighted by Gasteiger charge is 2.34. The average Bonchev–Trinajstić information content (AvgIpc) is 3.13. The summed E-state index contributed by atoms with van der Waals surface area (Å²) in [6.45, 7) is 11.6. The molecule has 29 heavy (non-hydrogen) atoms. The monoisotopic (exact) mass is 398 g/mol. The summed E-state index contributed by atoms with van der Waals surface area (Å²) in [4.78, 5) is 20.3. The molecule has 6 heteroatoms. The van der Waals surface area contributed by atoms with Crippen molar-refractivity contribution in [2.24, 2.45) is 18.9 Å². The molecule has 2 aromatic rings. The Bertz CT molecular complexity index is 888. The summed E-state index contributed by atoms with van der Waals surface area (Å²) in [7, 11) is 1.85. The summed E-state index contributed by atoms with van der Waals surface area (Å²) in [5, 5.41) is 11.1. The first kappa shape index (κ1) is 20.5. The second-order valence-corrected chi connectivity index (χ2v) is 8.72. The number of nitrogens with zero attached hydrogens (tertiary/aromatic N) is 4. The van der Waals surface area contributed by atoms with E-state index >= 15 is 0 Å². The Morgan fingerprint density at radius 2 is 1.69 bits per heavy atom. The zero-order valence-electron chi connectivity index (χ0n) is 17.8. The Hall–Kier alpha value is -1.73. The van der Waals surface area contributed by atoms with Gasteiger partial charge < -0.3 is 19.5 Å². The molecule has 0 radical (unpaired) electrons. The maximum atomic E-state index is 12.9. The molecule has 1 aromatic carbocycles. The molecule has 158 valence electrons. The van der Waals surface area contributed by atoms with Crippen molar-refractivity contribution in [1.29, 1.82) is 0 Å². The normalized spacial score (nSPS) is 24.5. The standard InChI is InChI=1S/C23H34N4O2/c1-3-25-8-10-26(11-9-25)14-20-15-27(16-21(20)17-28)13-19-12-18-6-4-5-7-22(18)24(2)23(19)29/h4-7,12,20-21,28H,3,8-11,13-17H2,1-2H3/t20-,21-/m1/s1. The number of benzene rings is 1. The highest BCUT2D eigenvalue weighted by atomic mass is 16.3. The third kappa shape index (κ3) is 4.40. The fourth-order valence-corrected chi connectivity index (χ4v) is 5.04. The molecule has 1 N–H and O–H groups in total. The fraction of sp³-hybridized carbons (Fsp3) is 0.609. The van der Waals surface area contributed by atoms with Crippen LogP contribution in [0.25, 0.3) is 10.9 Å². The number of para-hydroxylation sites is 1. The second kappa shape index (κ2) is 8.96. The van der Waals surface area contributed by atoms with E-state index < -0.39 is 0 Å². The van der Waals surface area contributed by atoms with Crippen LogP contribution in [0, 0.1) is 11.8 Å². The highest BCUT2D eigenvalue weighted by Crippen LogP contribution is 2.26. The van der Waals surface area contributed by atoms with Crippen LogP contribution in [-0.2, 0) is 13.6 Å². The van der Waals surface area contributed by atoms with E-state index in [4.69, 9.17) is 0 Å². The molecule has 0 spiro atoms. The number of rotatable bonds is 6. The van der Waals surface area contributed by atoms with Crippen LogP contribution in [0.2, 0.25) is 0 Å². The fourth-order valence-electron chi connectivity index (χ4n) is 5.04. The first-order valence-corrected chi connectivity index (χ1v) is 10.9. The largest absolute Gasteiger partial charge is 0.396 e. The molecule has 3 heterocycles. The number of piperazine rings is 1. The van der Waals surface area contributed by atoms with E-state index in [1.807, 2.05) is 31.3 Å². The summed E-state index contributed by atoms with van der Waals surface area (Å²) < 4.78 is 1.76. The molecule has 0 saturated carbocycles. The molecule has 4 rings (SSSR count). The summed E-state index contributed by atoms with van der Waals surface area (Å²) in [6, 6.07) is 10.1. The van der Waals surface area contributed by atoms with Gasteiger partial charge in [-0.25, -0.2) is 0 Å². The summed E-state index contributed by atoms with van der Waals surface area (Å²) in [5.41, 5.74) is 1.91. The minimum Gasteiger partial charge on any atom is -0.396 e. The zero-order chi connectivity index (χ0) is 20.4. The summed E-state index contributed by atoms with van der Waals surface area (Å²) in [6.07, 6.45) is 0. The SMILES string of the molecule is CCN1CCN(C[C@@H]2CN(Cc3cc4ccccc4n(C)c3=O)C[C@@H]2CO)CC1. The number of hydrogen-bond acceptors (Lipinski definition) is 5. The van der Waals surface area contributed by atoms with E-state index in [-0.39, 0.29) is 12.2 Å². The van der Waals surface area contributed by atoms with Crippen LogP contribution in [0.4, 0.5) is 0 Å². The Morgan fingerprint density at radius 3 is 2.41 bits per heavy atom. The summed E-state index contributed by atoms with van der Waals surface area (Å²) in [5.74, 6) is 0.765. The molecule has 1 aromatic heterocycles. The van der Waals surface area contributed by atoms with Crippen LogP contribution < -0.4 is 5.56 Å². The van der Waals surface area contributed by atoms with E-state index in [0.717, 1.165) is 68.8 Å². The van der Waals surface area contributed by atoms with Crippen molar-refractivity contribution in [2.75, 3.05) is 59.0 Å². The predicted octanol–water partition coefficient (Wildman–Crippen LogP) is 1.22. The molecular formula is C23H34N4O2. The molecule has 0 amide bonds. The van der Waals surface area contributed by atoms with Gasteiger partial charge in [0.25, 0.3) is 5.56 Å². The van der Waals surface area contributed by atoms with Gasteiger partial charge in [-0.1, -0.05) is 25.1 Å². The van der Waals surface area contributed by atoms with E-state index in [9.17, 15) is 9.90 Å². The van der Waals surface area contributed by atoms with Crippen LogP contribution in [0.3, 0.4) is 0 Å². The van der Waals surface area contributed by atoms with E-state index in [2.05, 4.69) is 27.7 Å². The van der Waals surface area contributed by atoms with Crippen molar-refractivity contribution in [3.05, 3.63) is 46.2 Å². The number of aliphatic hydroxyl groups is 1. The van der Waals surface area contributed by atoms with Gasteiger partial charge in [-0.15, -0.1) is 0 Å². The number of hydrogen-bond donors (Lipinski definition) is 1. The number of aromatic nitrogens is 1. The number of aryl methyl sites for hydroxylation is 1. The van der Waals surface area contributed by atoms with Gasteiger partial charge in [0.05, 0.1) is 5.52 Å². The van der Waals surface area contributed by atoms with Gasteiger partial charge >= 0.3 is 0 Å². The minimum absolute atomic E-state index is 0.0865. The molecule has 2 atom stereocenters. The summed E-state index contributed by atoms with van der Waals surface area (Å²) >= 11 is 0. The van der Waals surface area contributed by atoms with Crippen molar-refractivity contribution >= 4 is 10.9 Å². The van der Waals surface area contributed by atoms with Crippen molar-refractivity contribution in [1.82, 2.24) is 19.3 Å². The van der Waals surface area contributed by atoms with Crippen LogP contribution in [-0.4, -0.2) is 83.3 Å². The van der Waals surface area contributed by atoms with Gasteiger partial charge in [0.2, 0.25) is 0 Å². The molecular weight excluding hydrogens is 364 g/mol. The Balaban J connectivity index is 1.43. The van der Waals surface area contributed by atoms with Crippen LogP contribution >= 0.6 is 0 Å². The van der Waals surface area contributed by atoms with Gasteiger partial charge in [0.1, 0.15) is 0 Å². The Morgan fingerprint density at radius 1 is 1.00 bits per heavy atom. The number of fused-ring (bicyclic) bond motifs is 1. The zero-order valence-corrected chi connectivity index (χ0v) is 17.8. The molecule has 0 unspecified atom stereocenters. The maximum absolute atomic E-state index is 12.9. The van der Waals surface area contributed by atoms with Crippen LogP contribution in [0.1, 0.15) is 12.5 Å². The van der Waals surface area contributed by atoms with E-state index in [1.165, 1.54) is 0 Å². The van der Waals surface area contributed by atoms with Gasteiger partial charge in [-0.2, -0.15) is 0 Å². The number of likely N-dealkylation sites (tertiary alicyclic amines) is 1. The van der Waals surface area contributed by atoms with Crippen molar-refractivity contribution in [3.63, 3.8) is 0 Å². The minimum atomic E-state index is 0.0865. The molecule has 2 fully saturated rings. The lowest BCUT2D eigenvalue weighted by molar-refractivity contribution is 0.106. The number of likely N-dealkylation sites (N-methyl/N-ethyl adjacent to an activating group) is 1. The third-order valence-electron chi connectivity index (χ3n) is 6.89. The van der Waals surface area contributed by atoms with Gasteiger partial charge in [-0.05, 0) is 35.9 Å². The smallest absolute Gasteiger partial charge is 0.255 e. The molecule has 2 aliphatic heterocycles. The lowest BCUT2D eigenvalue weighted by Crippen LogP contribution is -2.48. The lowest BCUT2D eigenvalue weighted by atomic mass is 9.96.